The van der Waals surface area contributed by atoms with Crippen LogP contribution >= 0.6 is 15.9 Å². The molecule has 148 valence electrons. The average molecular weight is 439 g/mol. The molecular weight excluding hydrogens is 412 g/mol. The van der Waals surface area contributed by atoms with Gasteiger partial charge in [0.05, 0.1) is 12.7 Å². The summed E-state index contributed by atoms with van der Waals surface area (Å²) in [5.41, 5.74) is 0.640. The lowest BCUT2D eigenvalue weighted by Gasteiger charge is -2.37. The number of benzene rings is 1. The number of morpholine rings is 1. The molecule has 1 aromatic carbocycles. The van der Waals surface area contributed by atoms with E-state index in [2.05, 4.69) is 36.5 Å². The van der Waals surface area contributed by atoms with E-state index in [1.54, 1.807) is 19.2 Å². The molecule has 8 heteroatoms. The van der Waals surface area contributed by atoms with Crippen LogP contribution in [0.15, 0.2) is 33.7 Å². The molecule has 2 aliphatic rings. The molecule has 0 aliphatic carbocycles. The van der Waals surface area contributed by atoms with Crippen molar-refractivity contribution < 1.29 is 14.3 Å². The topological polar surface area (TPSA) is 75.2 Å². The van der Waals surface area contributed by atoms with E-state index < -0.39 is 0 Å². The second kappa shape index (κ2) is 10.1. The van der Waals surface area contributed by atoms with E-state index >= 15 is 0 Å². The SMILES string of the molecule is CN=C(NCCNC(=O)c1cccc(Br)c1)N1CCOC(C2CCCO2)C1. The summed E-state index contributed by atoms with van der Waals surface area (Å²) in [5, 5.41) is 6.25. The van der Waals surface area contributed by atoms with E-state index in [9.17, 15) is 4.79 Å². The van der Waals surface area contributed by atoms with Gasteiger partial charge in [0.15, 0.2) is 5.96 Å². The van der Waals surface area contributed by atoms with Crippen LogP contribution in [0.3, 0.4) is 0 Å². The van der Waals surface area contributed by atoms with Crippen molar-refractivity contribution in [2.45, 2.75) is 25.0 Å². The number of amides is 1. The second-order valence-corrected chi connectivity index (χ2v) is 7.56. The first kappa shape index (κ1) is 20.1. The van der Waals surface area contributed by atoms with E-state index in [-0.39, 0.29) is 18.1 Å². The van der Waals surface area contributed by atoms with Crippen molar-refractivity contribution in [2.75, 3.05) is 46.4 Å². The van der Waals surface area contributed by atoms with E-state index in [0.29, 0.717) is 25.3 Å². The Balaban J connectivity index is 1.43. The first-order valence-electron chi connectivity index (χ1n) is 9.40. The highest BCUT2D eigenvalue weighted by Gasteiger charge is 2.32. The van der Waals surface area contributed by atoms with Crippen LogP contribution in [-0.4, -0.2) is 75.4 Å². The molecule has 2 aliphatic heterocycles. The van der Waals surface area contributed by atoms with Crippen molar-refractivity contribution in [3.63, 3.8) is 0 Å². The Morgan fingerprint density at radius 3 is 2.81 bits per heavy atom. The molecule has 2 unspecified atom stereocenters. The number of ether oxygens (including phenoxy) is 2. The number of guanidine groups is 1. The van der Waals surface area contributed by atoms with Crippen LogP contribution in [0.2, 0.25) is 0 Å². The number of hydrogen-bond donors (Lipinski definition) is 2. The van der Waals surface area contributed by atoms with Crippen LogP contribution in [0.5, 0.6) is 0 Å². The summed E-state index contributed by atoms with van der Waals surface area (Å²) in [6, 6.07) is 7.35. The van der Waals surface area contributed by atoms with Gasteiger partial charge >= 0.3 is 0 Å². The quantitative estimate of drug-likeness (QED) is 0.415. The molecule has 0 radical (unpaired) electrons. The number of nitrogens with zero attached hydrogens (tertiary/aromatic N) is 2. The zero-order valence-electron chi connectivity index (χ0n) is 15.6. The molecular formula is C19H27BrN4O3. The van der Waals surface area contributed by atoms with Crippen LogP contribution in [-0.2, 0) is 9.47 Å². The Labute approximate surface area is 168 Å². The third-order valence-electron chi connectivity index (χ3n) is 4.76. The maximum absolute atomic E-state index is 12.2. The normalized spacial score (nSPS) is 23.3. The molecule has 1 aromatic rings. The molecule has 0 saturated carbocycles. The molecule has 2 atom stereocenters. The highest BCUT2D eigenvalue weighted by Crippen LogP contribution is 2.21. The molecule has 7 nitrogen and oxygen atoms in total. The maximum atomic E-state index is 12.2. The third-order valence-corrected chi connectivity index (χ3v) is 5.26. The Kier molecular flexibility index (Phi) is 7.49. The molecule has 2 N–H and O–H groups in total. The van der Waals surface area contributed by atoms with Gasteiger partial charge in [0.25, 0.3) is 5.91 Å². The summed E-state index contributed by atoms with van der Waals surface area (Å²) in [6.45, 7) is 4.19. The first-order chi connectivity index (χ1) is 13.2. The molecule has 1 amide bonds. The fraction of sp³-hybridized carbons (Fsp3) is 0.579. The Morgan fingerprint density at radius 2 is 2.07 bits per heavy atom. The van der Waals surface area contributed by atoms with E-state index in [4.69, 9.17) is 9.47 Å². The maximum Gasteiger partial charge on any atom is 0.251 e. The van der Waals surface area contributed by atoms with Gasteiger partial charge in [-0.1, -0.05) is 22.0 Å². The standard InChI is InChI=1S/C19H27BrN4O3/c1-21-19(24-9-11-27-17(13-24)16-6-3-10-26-16)23-8-7-22-18(25)14-4-2-5-15(20)12-14/h2,4-5,12,16-17H,3,6-11,13H2,1H3,(H,21,23)(H,22,25). The summed E-state index contributed by atoms with van der Waals surface area (Å²) in [6.07, 6.45) is 2.45. The highest BCUT2D eigenvalue weighted by atomic mass is 79.9. The summed E-state index contributed by atoms with van der Waals surface area (Å²) >= 11 is 3.38. The lowest BCUT2D eigenvalue weighted by atomic mass is 10.1. The Bertz CT molecular complexity index is 664. The van der Waals surface area contributed by atoms with Gasteiger partial charge in [0.2, 0.25) is 0 Å². The molecule has 2 heterocycles. The minimum absolute atomic E-state index is 0.0853. The number of rotatable bonds is 5. The molecule has 0 aromatic heterocycles. The minimum atomic E-state index is -0.0853. The molecule has 27 heavy (non-hydrogen) atoms. The van der Waals surface area contributed by atoms with Gasteiger partial charge in [-0.15, -0.1) is 0 Å². The van der Waals surface area contributed by atoms with Crippen LogP contribution in [0, 0.1) is 0 Å². The second-order valence-electron chi connectivity index (χ2n) is 6.65. The monoisotopic (exact) mass is 438 g/mol. The van der Waals surface area contributed by atoms with Crippen LogP contribution in [0.25, 0.3) is 0 Å². The van der Waals surface area contributed by atoms with Gasteiger partial charge in [-0.2, -0.15) is 0 Å². The fourth-order valence-corrected chi connectivity index (χ4v) is 3.80. The molecule has 2 saturated heterocycles. The first-order valence-corrected chi connectivity index (χ1v) is 10.2. The third kappa shape index (κ3) is 5.67. The van der Waals surface area contributed by atoms with Crippen LogP contribution in [0.4, 0.5) is 0 Å². The van der Waals surface area contributed by atoms with Gasteiger partial charge in [-0.05, 0) is 31.0 Å². The number of carbonyl (C=O) groups excluding carboxylic acids is 1. The Hall–Kier alpha value is -1.64. The Morgan fingerprint density at radius 1 is 1.26 bits per heavy atom. The van der Waals surface area contributed by atoms with Crippen molar-refractivity contribution >= 4 is 27.8 Å². The summed E-state index contributed by atoms with van der Waals surface area (Å²) in [5.74, 6) is 0.746. The highest BCUT2D eigenvalue weighted by molar-refractivity contribution is 9.10. The molecule has 3 rings (SSSR count). The lowest BCUT2D eigenvalue weighted by molar-refractivity contribution is -0.0816. The number of halogens is 1. The van der Waals surface area contributed by atoms with Crippen LogP contribution in [0.1, 0.15) is 23.2 Å². The van der Waals surface area contributed by atoms with Gasteiger partial charge in [-0.25, -0.2) is 0 Å². The molecule has 0 spiro atoms. The van der Waals surface area contributed by atoms with Gasteiger partial charge in [0, 0.05) is 49.9 Å². The number of nitrogens with one attached hydrogen (secondary N) is 2. The molecule has 0 bridgehead atoms. The summed E-state index contributed by atoms with van der Waals surface area (Å²) in [4.78, 5) is 18.7. The van der Waals surface area contributed by atoms with E-state index in [0.717, 1.165) is 43.0 Å². The largest absolute Gasteiger partial charge is 0.375 e. The minimum Gasteiger partial charge on any atom is -0.375 e. The van der Waals surface area contributed by atoms with Crippen molar-refractivity contribution in [1.29, 1.82) is 0 Å². The fourth-order valence-electron chi connectivity index (χ4n) is 3.40. The predicted molar refractivity (Wildman–Crippen MR) is 108 cm³/mol. The van der Waals surface area contributed by atoms with Gasteiger partial charge in [0.1, 0.15) is 6.10 Å². The van der Waals surface area contributed by atoms with Crippen molar-refractivity contribution in [2.24, 2.45) is 4.99 Å². The van der Waals surface area contributed by atoms with Gasteiger partial charge < -0.3 is 25.0 Å². The summed E-state index contributed by atoms with van der Waals surface area (Å²) in [7, 11) is 1.78. The van der Waals surface area contributed by atoms with E-state index in [1.807, 2.05) is 12.1 Å². The smallest absolute Gasteiger partial charge is 0.251 e. The van der Waals surface area contributed by atoms with Crippen molar-refractivity contribution in [3.05, 3.63) is 34.3 Å². The number of carbonyl (C=O) groups is 1. The molecule has 2 fully saturated rings. The van der Waals surface area contributed by atoms with Gasteiger partial charge in [-0.3, -0.25) is 9.79 Å². The zero-order chi connectivity index (χ0) is 19.1. The number of aliphatic imine (C=N–C) groups is 1. The zero-order valence-corrected chi connectivity index (χ0v) is 17.2. The van der Waals surface area contributed by atoms with Crippen molar-refractivity contribution in [1.82, 2.24) is 15.5 Å². The van der Waals surface area contributed by atoms with Crippen LogP contribution < -0.4 is 10.6 Å². The van der Waals surface area contributed by atoms with Crippen molar-refractivity contribution in [3.8, 4) is 0 Å². The predicted octanol–water partition coefficient (Wildman–Crippen LogP) is 1.63. The number of hydrogen-bond acceptors (Lipinski definition) is 4. The lowest BCUT2D eigenvalue weighted by Crippen LogP contribution is -2.54. The summed E-state index contributed by atoms with van der Waals surface area (Å²) < 4.78 is 12.5. The average Bonchev–Trinajstić information content (AvgIpc) is 3.23. The van der Waals surface area contributed by atoms with E-state index in [1.165, 1.54) is 0 Å².